The average molecular weight is 497 g/mol. The van der Waals surface area contributed by atoms with Gasteiger partial charge in [-0.05, 0) is 134 Å². The topological polar surface area (TPSA) is 30.5 Å². The van der Waals surface area contributed by atoms with Gasteiger partial charge < -0.3 is 10.6 Å². The summed E-state index contributed by atoms with van der Waals surface area (Å²) >= 11 is 0. The summed E-state index contributed by atoms with van der Waals surface area (Å²) in [6.45, 7) is 40.8. The monoisotopic (exact) mass is 497 g/mol. The van der Waals surface area contributed by atoms with Gasteiger partial charge in [-0.1, -0.05) is 27.2 Å². The summed E-state index contributed by atoms with van der Waals surface area (Å²) < 4.78 is 0. The number of nitrogens with one attached hydrogen (secondary N) is 2. The molecule has 0 aliphatic rings. The molecule has 0 saturated carbocycles. The second kappa shape index (κ2) is 14.1. The number of unbranched alkanes of at least 4 members (excludes halogenated alkanes) is 1. The van der Waals surface area contributed by atoms with Crippen LogP contribution in [0, 0.1) is 5.41 Å². The highest BCUT2D eigenvalue weighted by Crippen LogP contribution is 2.26. The molecular weight excluding hydrogens is 428 g/mol. The van der Waals surface area contributed by atoms with Crippen molar-refractivity contribution in [2.24, 2.45) is 5.41 Å². The molecule has 0 aliphatic carbocycles. The van der Waals surface area contributed by atoms with Crippen LogP contribution in [-0.2, 0) is 0 Å². The van der Waals surface area contributed by atoms with Crippen molar-refractivity contribution in [3.8, 4) is 0 Å². The zero-order valence-electron chi connectivity index (χ0n) is 27.0. The first-order valence-corrected chi connectivity index (χ1v) is 14.6. The maximum absolute atomic E-state index is 3.92. The lowest BCUT2D eigenvalue weighted by Gasteiger charge is -2.45. The summed E-state index contributed by atoms with van der Waals surface area (Å²) in [6, 6.07) is 0.576. The number of nitrogens with zero attached hydrogens (tertiary/aromatic N) is 2. The summed E-state index contributed by atoms with van der Waals surface area (Å²) in [5, 5.41) is 7.61. The van der Waals surface area contributed by atoms with E-state index >= 15 is 0 Å². The van der Waals surface area contributed by atoms with Crippen LogP contribution in [0.2, 0.25) is 0 Å². The summed E-state index contributed by atoms with van der Waals surface area (Å²) in [6.07, 6.45) is 6.21. The minimum Gasteiger partial charge on any atom is -0.317 e. The Hall–Kier alpha value is -0.160. The van der Waals surface area contributed by atoms with Crippen LogP contribution in [0.3, 0.4) is 0 Å². The molecule has 1 unspecified atom stereocenters. The van der Waals surface area contributed by atoms with Crippen LogP contribution in [0.25, 0.3) is 0 Å². The van der Waals surface area contributed by atoms with Crippen LogP contribution in [0.4, 0.5) is 0 Å². The van der Waals surface area contributed by atoms with E-state index in [4.69, 9.17) is 0 Å². The van der Waals surface area contributed by atoms with Crippen LogP contribution < -0.4 is 10.6 Å². The number of rotatable bonds is 14. The smallest absolute Gasteiger partial charge is 0.0130 e. The second-order valence-corrected chi connectivity index (χ2v) is 15.8. The zero-order valence-corrected chi connectivity index (χ0v) is 27.0. The van der Waals surface area contributed by atoms with Crippen molar-refractivity contribution in [2.45, 2.75) is 164 Å². The predicted octanol–water partition coefficient (Wildman–Crippen LogP) is 7.33. The third kappa shape index (κ3) is 15.0. The van der Waals surface area contributed by atoms with Gasteiger partial charge in [-0.25, -0.2) is 0 Å². The lowest BCUT2D eigenvalue weighted by Crippen LogP contribution is -2.53. The SMILES string of the molecule is CC(C)(C)C(CCCCNCCCN(C(C)(C)C)C(C)(C)C)NCCCN(C(C)(C)C)C(C)(C)C. The Morgan fingerprint density at radius 3 is 1.23 bits per heavy atom. The van der Waals surface area contributed by atoms with Crippen molar-refractivity contribution < 1.29 is 0 Å². The van der Waals surface area contributed by atoms with E-state index in [1.54, 1.807) is 0 Å². The predicted molar refractivity (Wildman–Crippen MR) is 160 cm³/mol. The molecule has 4 nitrogen and oxygen atoms in total. The Bertz CT molecular complexity index is 521. The van der Waals surface area contributed by atoms with E-state index in [-0.39, 0.29) is 22.2 Å². The molecule has 0 amide bonds. The van der Waals surface area contributed by atoms with Gasteiger partial charge in [0.25, 0.3) is 0 Å². The maximum atomic E-state index is 3.92. The third-order valence-corrected chi connectivity index (χ3v) is 7.07. The molecular formula is C31H68N4. The Labute approximate surface area is 222 Å². The molecule has 0 aromatic carbocycles. The van der Waals surface area contributed by atoms with Crippen LogP contribution in [0.1, 0.15) is 136 Å². The van der Waals surface area contributed by atoms with Gasteiger partial charge in [0.15, 0.2) is 0 Å². The molecule has 212 valence electrons. The molecule has 0 fully saturated rings. The summed E-state index contributed by atoms with van der Waals surface area (Å²) in [5.41, 5.74) is 1.12. The van der Waals surface area contributed by atoms with Crippen molar-refractivity contribution >= 4 is 0 Å². The van der Waals surface area contributed by atoms with Gasteiger partial charge >= 0.3 is 0 Å². The third-order valence-electron chi connectivity index (χ3n) is 7.07. The summed E-state index contributed by atoms with van der Waals surface area (Å²) in [7, 11) is 0. The normalized spacial score (nSPS) is 15.3. The highest BCUT2D eigenvalue weighted by Gasteiger charge is 2.32. The van der Waals surface area contributed by atoms with Crippen LogP contribution in [0.15, 0.2) is 0 Å². The molecule has 0 heterocycles. The molecule has 0 spiro atoms. The first kappa shape index (κ1) is 34.8. The van der Waals surface area contributed by atoms with E-state index in [1.165, 1.54) is 32.1 Å². The molecule has 0 rings (SSSR count). The van der Waals surface area contributed by atoms with Gasteiger partial charge in [-0.15, -0.1) is 0 Å². The van der Waals surface area contributed by atoms with E-state index in [9.17, 15) is 0 Å². The Kier molecular flexibility index (Phi) is 14.1. The van der Waals surface area contributed by atoms with E-state index in [0.717, 1.165) is 32.7 Å². The molecule has 1 atom stereocenters. The highest BCUT2D eigenvalue weighted by atomic mass is 15.2. The van der Waals surface area contributed by atoms with Gasteiger partial charge in [0.05, 0.1) is 0 Å². The second-order valence-electron chi connectivity index (χ2n) is 15.8. The molecule has 0 aromatic rings. The molecule has 0 saturated heterocycles. The standard InChI is InChI=1S/C31H68N4/c1-27(2,3)26(33-23-19-25-35(30(10,11)12)31(13,14)15)20-16-17-21-32-22-18-24-34(28(4,5)6)29(7,8)9/h26,32-33H,16-25H2,1-15H3. The van der Waals surface area contributed by atoms with Crippen molar-refractivity contribution in [1.82, 2.24) is 20.4 Å². The van der Waals surface area contributed by atoms with Crippen LogP contribution >= 0.6 is 0 Å². The molecule has 35 heavy (non-hydrogen) atoms. The minimum absolute atomic E-state index is 0.201. The largest absolute Gasteiger partial charge is 0.317 e. The zero-order chi connectivity index (χ0) is 27.7. The van der Waals surface area contributed by atoms with Gasteiger partial charge in [0, 0.05) is 41.3 Å². The lowest BCUT2D eigenvalue weighted by atomic mass is 9.83. The molecule has 4 heteroatoms. The van der Waals surface area contributed by atoms with Crippen LogP contribution in [0.5, 0.6) is 0 Å². The van der Waals surface area contributed by atoms with Crippen molar-refractivity contribution in [3.63, 3.8) is 0 Å². The van der Waals surface area contributed by atoms with Gasteiger partial charge in [0.1, 0.15) is 0 Å². The first-order valence-electron chi connectivity index (χ1n) is 14.6. The number of hydrogen-bond acceptors (Lipinski definition) is 4. The van der Waals surface area contributed by atoms with E-state index < -0.39 is 0 Å². The van der Waals surface area contributed by atoms with Gasteiger partial charge in [-0.2, -0.15) is 0 Å². The maximum Gasteiger partial charge on any atom is 0.0130 e. The van der Waals surface area contributed by atoms with E-state index in [1.807, 2.05) is 0 Å². The van der Waals surface area contributed by atoms with E-state index in [0.29, 0.717) is 11.5 Å². The molecule has 0 radical (unpaired) electrons. The summed E-state index contributed by atoms with van der Waals surface area (Å²) in [4.78, 5) is 5.27. The van der Waals surface area contributed by atoms with Gasteiger partial charge in [0.2, 0.25) is 0 Å². The first-order chi connectivity index (χ1) is 15.6. The molecule has 2 N–H and O–H groups in total. The molecule has 0 aliphatic heterocycles. The highest BCUT2D eigenvalue weighted by molar-refractivity contribution is 4.88. The molecule has 0 aromatic heterocycles. The Morgan fingerprint density at radius 1 is 0.486 bits per heavy atom. The van der Waals surface area contributed by atoms with Crippen molar-refractivity contribution in [2.75, 3.05) is 32.7 Å². The average Bonchev–Trinajstić information content (AvgIpc) is 2.59. The Morgan fingerprint density at radius 2 is 0.857 bits per heavy atom. The van der Waals surface area contributed by atoms with E-state index in [2.05, 4.69) is 124 Å². The minimum atomic E-state index is 0.201. The lowest BCUT2D eigenvalue weighted by molar-refractivity contribution is 0.0367. The van der Waals surface area contributed by atoms with Crippen molar-refractivity contribution in [3.05, 3.63) is 0 Å². The van der Waals surface area contributed by atoms with Crippen LogP contribution in [-0.4, -0.2) is 70.7 Å². The van der Waals surface area contributed by atoms with Crippen molar-refractivity contribution in [1.29, 1.82) is 0 Å². The fourth-order valence-corrected chi connectivity index (χ4v) is 5.79. The fourth-order valence-electron chi connectivity index (χ4n) is 5.79. The number of hydrogen-bond donors (Lipinski definition) is 2. The van der Waals surface area contributed by atoms with Gasteiger partial charge in [-0.3, -0.25) is 9.80 Å². The fraction of sp³-hybridized carbons (Fsp3) is 1.00. The molecule has 0 bridgehead atoms. The Balaban J connectivity index is 4.34. The summed E-state index contributed by atoms with van der Waals surface area (Å²) in [5.74, 6) is 0. The quantitative estimate of drug-likeness (QED) is 0.246.